The van der Waals surface area contributed by atoms with E-state index in [2.05, 4.69) is 65.9 Å². The van der Waals surface area contributed by atoms with Crippen LogP contribution in [0, 0.1) is 0 Å². The van der Waals surface area contributed by atoms with Gasteiger partial charge < -0.3 is 81.7 Å². The van der Waals surface area contributed by atoms with Crippen molar-refractivity contribution in [3.8, 4) is 68.5 Å². The summed E-state index contributed by atoms with van der Waals surface area (Å²) in [4.78, 5) is 61.5. The Morgan fingerprint density at radius 3 is 1.21 bits per heavy atom. The number of methoxy groups -OCH3 is 2. The number of halogens is 1. The number of hydrogen-bond donors (Lipinski definition) is 10. The Labute approximate surface area is 630 Å². The molecule has 14 N–H and O–H groups in total. The van der Waals surface area contributed by atoms with Gasteiger partial charge in [0, 0.05) is 104 Å². The average Bonchev–Trinajstić information content (AvgIpc) is 1.62. The van der Waals surface area contributed by atoms with E-state index in [-0.39, 0.29) is 41.6 Å². The van der Waals surface area contributed by atoms with Gasteiger partial charge in [-0.1, -0.05) is 23.7 Å². The topological polar surface area (TPSA) is 449 Å². The SMILES string of the molecule is CC(=O)N1CCC(n2nc(-c3cc4ccc(O)cc4[nH]3)c3c(N)ncnc32)CC1.COc1ccc(Cl)c2cc(-c3nn(C4CCOCC4)c4ncnc(N)c34)[nH]c12.COc1cccc2cc(-c3nn(C4CCOCC4)c4ncnc(N)c34)[nH]c12.Nc1ncnc2c1c(-c1cc3ccc(O)cc3[nH]1)nn2C1CCOCC1. The van der Waals surface area contributed by atoms with Gasteiger partial charge in [-0.15, -0.1) is 0 Å². The summed E-state index contributed by atoms with van der Waals surface area (Å²) in [7, 11) is 3.29. The van der Waals surface area contributed by atoms with Crippen molar-refractivity contribution in [3.05, 3.63) is 121 Å². The van der Waals surface area contributed by atoms with E-state index < -0.39 is 0 Å². The number of benzene rings is 4. The maximum Gasteiger partial charge on any atom is 0.219 e. The van der Waals surface area contributed by atoms with Crippen molar-refractivity contribution < 1.29 is 38.7 Å². The maximum absolute atomic E-state index is 11.6. The maximum atomic E-state index is 11.6. The van der Waals surface area contributed by atoms with Crippen LogP contribution in [0.15, 0.2) is 116 Å². The Hall–Kier alpha value is -12.7. The van der Waals surface area contributed by atoms with E-state index in [9.17, 15) is 15.0 Å². The molecule has 33 nitrogen and oxygen atoms in total. The summed E-state index contributed by atoms with van der Waals surface area (Å²) in [5.74, 6) is 3.62. The number of ether oxygens (including phenoxy) is 5. The lowest BCUT2D eigenvalue weighted by Gasteiger charge is -2.31. The molecule has 16 aromatic rings. The summed E-state index contributed by atoms with van der Waals surface area (Å²) < 4.78 is 35.2. The number of aromatic amines is 4. The number of nitrogens with zero attached hydrogens (tertiary/aromatic N) is 17. The first kappa shape index (κ1) is 70.3. The second kappa shape index (κ2) is 29.4. The highest BCUT2D eigenvalue weighted by Gasteiger charge is 2.31. The predicted molar refractivity (Wildman–Crippen MR) is 417 cm³/mol. The first-order valence-electron chi connectivity index (χ1n) is 36.2. The lowest BCUT2D eigenvalue weighted by molar-refractivity contribution is -0.130. The smallest absolute Gasteiger partial charge is 0.219 e. The number of phenols is 2. The van der Waals surface area contributed by atoms with Gasteiger partial charge in [0.25, 0.3) is 0 Å². The van der Waals surface area contributed by atoms with Gasteiger partial charge in [-0.3, -0.25) is 4.79 Å². The number of nitrogen functional groups attached to an aromatic ring is 4. The van der Waals surface area contributed by atoms with Crippen LogP contribution < -0.4 is 32.4 Å². The van der Waals surface area contributed by atoms with E-state index in [0.717, 1.165) is 181 Å². The van der Waals surface area contributed by atoms with E-state index in [4.69, 9.17) is 78.6 Å². The summed E-state index contributed by atoms with van der Waals surface area (Å²) in [5.41, 5.74) is 37.3. The average molecular weight is 1510 g/mol. The van der Waals surface area contributed by atoms with E-state index >= 15 is 0 Å². The van der Waals surface area contributed by atoms with Crippen LogP contribution in [-0.2, 0) is 19.0 Å². The van der Waals surface area contributed by atoms with Crippen molar-refractivity contribution in [2.45, 2.75) is 82.5 Å². The van der Waals surface area contributed by atoms with Crippen LogP contribution in [-0.4, -0.2) is 187 Å². The zero-order valence-electron chi connectivity index (χ0n) is 60.2. The number of likely N-dealkylation sites (tertiary alicyclic amines) is 1. The van der Waals surface area contributed by atoms with Crippen molar-refractivity contribution in [2.75, 3.05) is 89.9 Å². The van der Waals surface area contributed by atoms with Crippen molar-refractivity contribution in [3.63, 3.8) is 0 Å². The molecule has 4 aliphatic rings. The molecular weight excluding hydrogens is 1430 g/mol. The van der Waals surface area contributed by atoms with Crippen LogP contribution in [0.5, 0.6) is 23.0 Å². The minimum absolute atomic E-state index is 0.0994. The van der Waals surface area contributed by atoms with Crippen LogP contribution in [0.1, 0.15) is 82.5 Å². The molecule has 0 saturated carbocycles. The van der Waals surface area contributed by atoms with Crippen molar-refractivity contribution in [1.82, 2.24) is 104 Å². The number of hydrogen-bond acceptors (Lipinski definition) is 24. The fourth-order valence-corrected chi connectivity index (χ4v) is 15.5. The molecule has 34 heteroatoms. The van der Waals surface area contributed by atoms with Crippen LogP contribution in [0.25, 0.3) is 133 Å². The number of phenolic OH excluding ortho intramolecular Hbond substituents is 2. The lowest BCUT2D eigenvalue weighted by Crippen LogP contribution is -2.37. The summed E-state index contributed by atoms with van der Waals surface area (Å²) >= 11 is 6.40. The zero-order valence-corrected chi connectivity index (χ0v) is 61.0. The van der Waals surface area contributed by atoms with E-state index in [0.29, 0.717) is 96.0 Å². The van der Waals surface area contributed by atoms with Gasteiger partial charge in [-0.2, -0.15) is 20.4 Å². The third-order valence-corrected chi connectivity index (χ3v) is 21.3. The third kappa shape index (κ3) is 13.1. The molecular formula is C76H78ClN25O8. The molecule has 0 atom stereocenters. The number of amides is 1. The molecule has 0 radical (unpaired) electrons. The summed E-state index contributed by atoms with van der Waals surface area (Å²) in [6.07, 6.45) is 12.9. The third-order valence-electron chi connectivity index (χ3n) is 20.9. The van der Waals surface area contributed by atoms with Gasteiger partial charge in [-0.25, -0.2) is 58.6 Å². The first-order chi connectivity index (χ1) is 53.6. The van der Waals surface area contributed by atoms with Crippen LogP contribution in [0.3, 0.4) is 0 Å². The fourth-order valence-electron chi connectivity index (χ4n) is 15.3. The molecule has 4 saturated heterocycles. The number of nitrogens with one attached hydrogen (secondary N) is 4. The molecule has 562 valence electrons. The van der Waals surface area contributed by atoms with Crippen molar-refractivity contribution in [1.29, 1.82) is 0 Å². The highest BCUT2D eigenvalue weighted by atomic mass is 35.5. The van der Waals surface area contributed by atoms with Gasteiger partial charge in [0.1, 0.15) is 94.4 Å². The highest BCUT2D eigenvalue weighted by Crippen LogP contribution is 2.43. The van der Waals surface area contributed by atoms with Gasteiger partial charge >= 0.3 is 0 Å². The minimum atomic E-state index is 0.0994. The number of fused-ring (bicyclic) bond motifs is 8. The molecule has 0 bridgehead atoms. The normalized spacial score (nSPS) is 15.6. The number of anilines is 4. The van der Waals surface area contributed by atoms with Crippen LogP contribution in [0.2, 0.25) is 5.02 Å². The molecule has 1 amide bonds. The summed E-state index contributed by atoms with van der Waals surface area (Å²) in [6.45, 7) is 7.30. The van der Waals surface area contributed by atoms with E-state index in [1.807, 2.05) is 84.3 Å². The number of para-hydroxylation sites is 1. The molecule has 4 fully saturated rings. The first-order valence-corrected chi connectivity index (χ1v) is 36.6. The number of nitrogens with two attached hydrogens (primary N) is 4. The Morgan fingerprint density at radius 1 is 0.445 bits per heavy atom. The Kier molecular flexibility index (Phi) is 18.8. The zero-order chi connectivity index (χ0) is 75.4. The molecule has 0 unspecified atom stereocenters. The van der Waals surface area contributed by atoms with E-state index in [1.165, 1.54) is 25.3 Å². The number of aromatic nitrogens is 20. The number of H-pyrrole nitrogens is 4. The van der Waals surface area contributed by atoms with Crippen LogP contribution in [0.4, 0.5) is 23.3 Å². The standard InChI is InChI=1S/C20H21N7O2.C19H19ClN6O2.C19H20N6O2.C18H18N6O2/c1-11(28)26-6-4-13(5-7-26)27-20-17(19(21)22-10-23-20)18(25-27)16-8-12-2-3-14(29)9-15(12)24-16;1-27-14-3-2-12(20)11-8-13(24-16(11)14)17-15-18(21)22-9-23-19(15)26(25-17)10-4-6-28-7-5-10;1-26-14-4-2-3-11-9-13(23-16(11)14)17-15-18(20)21-10-22-19(15)25(24-17)12-5-7-27-8-6-12;19-17-15-16(14-7-10-1-2-12(25)8-13(10)22-14)23-24(18(15)21-9-20-17)11-3-5-26-6-4-11/h2-3,8-10,13,24,29H,4-7H2,1H3,(H2,21,22,23);2-3,8-10,24H,4-7H2,1H3,(H2,21,22,23);2-4,9-10,12,23H,5-8H2,1H3,(H2,20,21,22);1-2,7-9,11,22,25H,3-6H2,(H2,19,20,21). The van der Waals surface area contributed by atoms with Crippen LogP contribution >= 0.6 is 11.6 Å². The molecule has 20 rings (SSSR count). The molecule has 4 aliphatic heterocycles. The lowest BCUT2D eigenvalue weighted by atomic mass is 10.1. The van der Waals surface area contributed by atoms with Gasteiger partial charge in [-0.05, 0) is 118 Å². The molecule has 0 aliphatic carbocycles. The number of aromatic hydroxyl groups is 2. The second-order valence-corrected chi connectivity index (χ2v) is 27.9. The predicted octanol–water partition coefficient (Wildman–Crippen LogP) is 11.5. The van der Waals surface area contributed by atoms with Gasteiger partial charge in [0.15, 0.2) is 22.6 Å². The quantitative estimate of drug-likeness (QED) is 0.0608. The monoisotopic (exact) mass is 1500 g/mol. The number of rotatable bonds is 10. The highest BCUT2D eigenvalue weighted by molar-refractivity contribution is 6.36. The number of carbonyl (C=O) groups is 1. The largest absolute Gasteiger partial charge is 0.508 e. The minimum Gasteiger partial charge on any atom is -0.508 e. The second-order valence-electron chi connectivity index (χ2n) is 27.5. The molecule has 0 spiro atoms. The fraction of sp³-hybridized carbons (Fsp3) is 0.303. The molecule has 110 heavy (non-hydrogen) atoms. The Balaban J connectivity index is 0.000000107. The van der Waals surface area contributed by atoms with Crippen molar-refractivity contribution >= 4 is 129 Å². The summed E-state index contributed by atoms with van der Waals surface area (Å²) in [5, 5.41) is 46.4. The summed E-state index contributed by atoms with van der Waals surface area (Å²) in [6, 6.07) is 28.8. The van der Waals surface area contributed by atoms with Gasteiger partial charge in [0.05, 0.1) is 98.8 Å². The Morgan fingerprint density at radius 2 is 0.809 bits per heavy atom. The molecule has 4 aromatic carbocycles. The van der Waals surface area contributed by atoms with Crippen molar-refractivity contribution in [2.24, 2.45) is 0 Å². The number of piperidine rings is 1. The Bertz CT molecular complexity index is 6130. The van der Waals surface area contributed by atoms with E-state index in [1.54, 1.807) is 45.4 Å². The number of carbonyl (C=O) groups excluding carboxylic acids is 1. The molecule has 16 heterocycles. The van der Waals surface area contributed by atoms with Gasteiger partial charge in [0.2, 0.25) is 5.91 Å². The molecule has 12 aromatic heterocycles.